The molecular formula is C15H15N5O4S. The average Bonchev–Trinajstić information content (AvgIpc) is 3.15. The van der Waals surface area contributed by atoms with Crippen LogP contribution in [0, 0.1) is 10.1 Å². The summed E-state index contributed by atoms with van der Waals surface area (Å²) < 4.78 is 9.06. The smallest absolute Gasteiger partial charge is 0.297 e. The number of carbonyl (C=O) groups is 1. The Hall–Kier alpha value is -2.85. The Morgan fingerprint density at radius 1 is 1.44 bits per heavy atom. The van der Waals surface area contributed by atoms with E-state index in [1.54, 1.807) is 26.3 Å². The van der Waals surface area contributed by atoms with Gasteiger partial charge < -0.3 is 9.30 Å². The molecule has 0 saturated heterocycles. The largest absolute Gasteiger partial charge is 0.383 e. The molecule has 130 valence electrons. The number of ether oxygens (including phenoxy) is 1. The maximum absolute atomic E-state index is 12.4. The number of nitro benzene ring substituents is 1. The Kier molecular flexibility index (Phi) is 4.72. The van der Waals surface area contributed by atoms with Gasteiger partial charge in [-0.25, -0.2) is 0 Å². The molecule has 3 rings (SSSR count). The van der Waals surface area contributed by atoms with Crippen molar-refractivity contribution in [3.05, 3.63) is 51.1 Å². The van der Waals surface area contributed by atoms with Crippen molar-refractivity contribution in [2.75, 3.05) is 13.7 Å². The lowest BCUT2D eigenvalue weighted by Crippen LogP contribution is -2.20. The SMILES string of the molecule is COCCn1c(=NC(=O)c2ccnn2C)sc2cc([N+](=O)[O-])ccc21. The molecular weight excluding hydrogens is 346 g/mol. The lowest BCUT2D eigenvalue weighted by Gasteiger charge is -2.04. The quantitative estimate of drug-likeness (QED) is 0.508. The minimum atomic E-state index is -0.448. The van der Waals surface area contributed by atoms with Crippen LogP contribution in [0.3, 0.4) is 0 Å². The number of aromatic nitrogens is 3. The van der Waals surface area contributed by atoms with E-state index in [1.165, 1.54) is 34.3 Å². The molecule has 0 unspecified atom stereocenters. The molecule has 3 aromatic rings. The number of hydrogen-bond donors (Lipinski definition) is 0. The van der Waals surface area contributed by atoms with Crippen LogP contribution in [0.5, 0.6) is 0 Å². The summed E-state index contributed by atoms with van der Waals surface area (Å²) in [7, 11) is 3.24. The number of non-ortho nitro benzene ring substituents is 1. The van der Waals surface area contributed by atoms with E-state index in [1.807, 2.05) is 4.57 Å². The fourth-order valence-corrected chi connectivity index (χ4v) is 3.47. The van der Waals surface area contributed by atoms with E-state index in [-0.39, 0.29) is 5.69 Å². The van der Waals surface area contributed by atoms with Crippen LogP contribution in [0.2, 0.25) is 0 Å². The van der Waals surface area contributed by atoms with E-state index in [0.29, 0.717) is 28.3 Å². The van der Waals surface area contributed by atoms with Gasteiger partial charge in [0, 0.05) is 39.0 Å². The molecule has 0 atom stereocenters. The number of benzene rings is 1. The number of nitrogens with zero attached hydrogens (tertiary/aromatic N) is 5. The second kappa shape index (κ2) is 6.95. The zero-order valence-corrected chi connectivity index (χ0v) is 14.4. The first kappa shape index (κ1) is 17.0. The van der Waals surface area contributed by atoms with Crippen LogP contribution in [0.25, 0.3) is 10.2 Å². The van der Waals surface area contributed by atoms with Crippen LogP contribution >= 0.6 is 11.3 Å². The third kappa shape index (κ3) is 3.35. The molecule has 0 aliphatic carbocycles. The van der Waals surface area contributed by atoms with Crippen molar-refractivity contribution < 1.29 is 14.5 Å². The third-order valence-electron chi connectivity index (χ3n) is 3.63. The molecule has 0 spiro atoms. The van der Waals surface area contributed by atoms with Crippen molar-refractivity contribution in [2.24, 2.45) is 12.0 Å². The summed E-state index contributed by atoms with van der Waals surface area (Å²) in [4.78, 5) is 27.6. The minimum absolute atomic E-state index is 0.00264. The highest BCUT2D eigenvalue weighted by atomic mass is 32.1. The fraction of sp³-hybridized carbons (Fsp3) is 0.267. The van der Waals surface area contributed by atoms with Gasteiger partial charge in [0.25, 0.3) is 11.6 Å². The Labute approximate surface area is 145 Å². The molecule has 2 aromatic heterocycles. The first-order valence-electron chi connectivity index (χ1n) is 7.35. The summed E-state index contributed by atoms with van der Waals surface area (Å²) in [5.74, 6) is -0.424. The lowest BCUT2D eigenvalue weighted by atomic mass is 10.3. The maximum Gasteiger partial charge on any atom is 0.297 e. The maximum atomic E-state index is 12.4. The predicted molar refractivity (Wildman–Crippen MR) is 91.4 cm³/mol. The molecule has 0 fully saturated rings. The van der Waals surface area contributed by atoms with Gasteiger partial charge in [-0.1, -0.05) is 11.3 Å². The number of methoxy groups -OCH3 is 1. The lowest BCUT2D eigenvalue weighted by molar-refractivity contribution is -0.384. The number of fused-ring (bicyclic) bond motifs is 1. The van der Waals surface area contributed by atoms with Gasteiger partial charge in [0.05, 0.1) is 21.7 Å². The summed E-state index contributed by atoms with van der Waals surface area (Å²) in [6.45, 7) is 0.904. The highest BCUT2D eigenvalue weighted by molar-refractivity contribution is 7.16. The van der Waals surface area contributed by atoms with Gasteiger partial charge in [0.2, 0.25) is 0 Å². The molecule has 10 heteroatoms. The first-order chi connectivity index (χ1) is 12.0. The van der Waals surface area contributed by atoms with Crippen LogP contribution in [0.4, 0.5) is 5.69 Å². The van der Waals surface area contributed by atoms with E-state index >= 15 is 0 Å². The Bertz CT molecular complexity index is 1020. The van der Waals surface area contributed by atoms with E-state index in [0.717, 1.165) is 5.52 Å². The molecule has 25 heavy (non-hydrogen) atoms. The molecule has 0 saturated carbocycles. The van der Waals surface area contributed by atoms with Crippen molar-refractivity contribution in [2.45, 2.75) is 6.54 Å². The van der Waals surface area contributed by atoms with Gasteiger partial charge in [-0.15, -0.1) is 0 Å². The molecule has 0 bridgehead atoms. The number of carbonyl (C=O) groups excluding carboxylic acids is 1. The number of thiazole rings is 1. The Balaban J connectivity index is 2.15. The number of rotatable bonds is 5. The van der Waals surface area contributed by atoms with Gasteiger partial charge in [-0.05, 0) is 12.1 Å². The van der Waals surface area contributed by atoms with Crippen molar-refractivity contribution in [3.8, 4) is 0 Å². The van der Waals surface area contributed by atoms with E-state index in [9.17, 15) is 14.9 Å². The summed E-state index contributed by atoms with van der Waals surface area (Å²) in [6.07, 6.45) is 1.52. The first-order valence-corrected chi connectivity index (χ1v) is 8.16. The molecule has 0 aliphatic heterocycles. The van der Waals surface area contributed by atoms with Crippen LogP contribution in [-0.2, 0) is 18.3 Å². The molecule has 0 N–H and O–H groups in total. The highest BCUT2D eigenvalue weighted by Gasteiger charge is 2.14. The van der Waals surface area contributed by atoms with Crippen LogP contribution in [0.1, 0.15) is 10.5 Å². The zero-order valence-electron chi connectivity index (χ0n) is 13.6. The molecule has 2 heterocycles. The normalized spacial score (nSPS) is 12.0. The Morgan fingerprint density at radius 2 is 2.24 bits per heavy atom. The summed E-state index contributed by atoms with van der Waals surface area (Å²) in [5, 5.41) is 14.9. The van der Waals surface area contributed by atoms with Crippen molar-refractivity contribution in [3.63, 3.8) is 0 Å². The van der Waals surface area contributed by atoms with Gasteiger partial charge in [-0.2, -0.15) is 10.1 Å². The molecule has 0 radical (unpaired) electrons. The van der Waals surface area contributed by atoms with Crippen LogP contribution in [0.15, 0.2) is 35.5 Å². The average molecular weight is 361 g/mol. The standard InChI is InChI=1S/C15H15N5O4S/c1-18-12(5-6-16-18)14(21)17-15-19(7-8-24-2)11-4-3-10(20(22)23)9-13(11)25-15/h3-6,9H,7-8H2,1-2H3. The predicted octanol–water partition coefficient (Wildman–Crippen LogP) is 1.73. The summed E-state index contributed by atoms with van der Waals surface area (Å²) in [5.41, 5.74) is 1.13. The molecule has 1 aromatic carbocycles. The van der Waals surface area contributed by atoms with Gasteiger partial charge in [0.15, 0.2) is 4.80 Å². The topological polar surface area (TPSA) is 105 Å². The zero-order chi connectivity index (χ0) is 18.0. The molecule has 0 aliphatic rings. The number of amides is 1. The Morgan fingerprint density at radius 3 is 2.88 bits per heavy atom. The fourth-order valence-electron chi connectivity index (χ4n) is 2.39. The van der Waals surface area contributed by atoms with Crippen molar-refractivity contribution >= 4 is 33.1 Å². The molecule has 9 nitrogen and oxygen atoms in total. The summed E-state index contributed by atoms with van der Waals surface area (Å²) in [6, 6.07) is 6.17. The summed E-state index contributed by atoms with van der Waals surface area (Å²) >= 11 is 1.22. The molecule has 1 amide bonds. The second-order valence-corrected chi connectivity index (χ2v) is 6.20. The van der Waals surface area contributed by atoms with Crippen molar-refractivity contribution in [1.29, 1.82) is 0 Å². The van der Waals surface area contributed by atoms with E-state index < -0.39 is 10.8 Å². The van der Waals surface area contributed by atoms with E-state index in [4.69, 9.17) is 4.74 Å². The monoisotopic (exact) mass is 361 g/mol. The van der Waals surface area contributed by atoms with Crippen molar-refractivity contribution in [1.82, 2.24) is 14.3 Å². The number of hydrogen-bond acceptors (Lipinski definition) is 6. The van der Waals surface area contributed by atoms with Crippen LogP contribution < -0.4 is 4.80 Å². The highest BCUT2D eigenvalue weighted by Crippen LogP contribution is 2.23. The van der Waals surface area contributed by atoms with Gasteiger partial charge in [-0.3, -0.25) is 19.6 Å². The number of nitro groups is 1. The number of aryl methyl sites for hydroxylation is 1. The van der Waals surface area contributed by atoms with Crippen LogP contribution in [-0.4, -0.2) is 38.9 Å². The van der Waals surface area contributed by atoms with E-state index in [2.05, 4.69) is 10.1 Å². The second-order valence-electron chi connectivity index (χ2n) is 5.20. The third-order valence-corrected chi connectivity index (χ3v) is 4.67. The minimum Gasteiger partial charge on any atom is -0.383 e. The van der Waals surface area contributed by atoms with Gasteiger partial charge >= 0.3 is 0 Å². The van der Waals surface area contributed by atoms with Gasteiger partial charge in [0.1, 0.15) is 5.69 Å².